The van der Waals surface area contributed by atoms with E-state index in [1.807, 2.05) is 6.20 Å². The molecule has 0 saturated heterocycles. The summed E-state index contributed by atoms with van der Waals surface area (Å²) in [4.78, 5) is 4.40. The SMILES string of the molecule is CC1=C(C)C(c2ccnc3c2CCN3)=CCC1. The summed E-state index contributed by atoms with van der Waals surface area (Å²) in [7, 11) is 0. The molecule has 2 heterocycles. The third-order valence-corrected chi connectivity index (χ3v) is 3.93. The van der Waals surface area contributed by atoms with Crippen molar-refractivity contribution in [3.63, 3.8) is 0 Å². The van der Waals surface area contributed by atoms with Crippen molar-refractivity contribution in [1.29, 1.82) is 0 Å². The molecule has 17 heavy (non-hydrogen) atoms. The molecule has 1 N–H and O–H groups in total. The zero-order valence-corrected chi connectivity index (χ0v) is 10.5. The molecular weight excluding hydrogens is 208 g/mol. The van der Waals surface area contributed by atoms with Crippen LogP contribution in [0.4, 0.5) is 5.82 Å². The van der Waals surface area contributed by atoms with Gasteiger partial charge in [-0.2, -0.15) is 0 Å². The molecule has 1 aromatic heterocycles. The first-order valence-electron chi connectivity index (χ1n) is 6.36. The molecule has 1 aliphatic carbocycles. The Hall–Kier alpha value is -1.57. The van der Waals surface area contributed by atoms with Crippen LogP contribution in [0.15, 0.2) is 29.5 Å². The molecule has 2 aliphatic rings. The Balaban J connectivity index is 2.12. The van der Waals surface area contributed by atoms with E-state index in [1.165, 1.54) is 40.7 Å². The third-order valence-electron chi connectivity index (χ3n) is 3.93. The van der Waals surface area contributed by atoms with Crippen molar-refractivity contribution in [1.82, 2.24) is 4.98 Å². The van der Waals surface area contributed by atoms with Crippen molar-refractivity contribution in [2.75, 3.05) is 11.9 Å². The lowest BCUT2D eigenvalue weighted by molar-refractivity contribution is 0.943. The smallest absolute Gasteiger partial charge is 0.129 e. The van der Waals surface area contributed by atoms with E-state index in [0.29, 0.717) is 0 Å². The van der Waals surface area contributed by atoms with Crippen molar-refractivity contribution in [2.45, 2.75) is 33.1 Å². The molecule has 0 unspecified atom stereocenters. The number of anilines is 1. The molecule has 2 heteroatoms. The van der Waals surface area contributed by atoms with Crippen molar-refractivity contribution < 1.29 is 0 Å². The molecule has 88 valence electrons. The summed E-state index contributed by atoms with van der Waals surface area (Å²) in [5, 5.41) is 3.35. The normalized spacial score (nSPS) is 18.8. The number of nitrogens with one attached hydrogen (secondary N) is 1. The highest BCUT2D eigenvalue weighted by Gasteiger charge is 2.19. The minimum Gasteiger partial charge on any atom is -0.369 e. The zero-order valence-electron chi connectivity index (χ0n) is 10.5. The molecule has 0 radical (unpaired) electrons. The fraction of sp³-hybridized carbons (Fsp3) is 0.400. The second-order valence-corrected chi connectivity index (χ2v) is 4.92. The van der Waals surface area contributed by atoms with Crippen LogP contribution < -0.4 is 5.32 Å². The Morgan fingerprint density at radius 2 is 2.12 bits per heavy atom. The topological polar surface area (TPSA) is 24.9 Å². The molecule has 1 aromatic rings. The molecule has 2 nitrogen and oxygen atoms in total. The van der Waals surface area contributed by atoms with E-state index in [1.54, 1.807) is 0 Å². The molecule has 0 atom stereocenters. The fourth-order valence-corrected chi connectivity index (χ4v) is 2.77. The Kier molecular flexibility index (Phi) is 2.50. The maximum absolute atomic E-state index is 4.40. The fourth-order valence-electron chi connectivity index (χ4n) is 2.77. The number of aromatic nitrogens is 1. The Labute approximate surface area is 102 Å². The van der Waals surface area contributed by atoms with Crippen LogP contribution in [0.3, 0.4) is 0 Å². The minimum atomic E-state index is 1.02. The van der Waals surface area contributed by atoms with Gasteiger partial charge in [0.15, 0.2) is 0 Å². The van der Waals surface area contributed by atoms with E-state index in [-0.39, 0.29) is 0 Å². The first-order chi connectivity index (χ1) is 8.27. The van der Waals surface area contributed by atoms with Crippen LogP contribution in [0.25, 0.3) is 5.57 Å². The van der Waals surface area contributed by atoms with Gasteiger partial charge in [0.05, 0.1) is 0 Å². The van der Waals surface area contributed by atoms with E-state index in [4.69, 9.17) is 0 Å². The number of hydrogen-bond donors (Lipinski definition) is 1. The first-order valence-corrected chi connectivity index (χ1v) is 6.36. The van der Waals surface area contributed by atoms with Crippen LogP contribution in [-0.2, 0) is 6.42 Å². The lowest BCUT2D eigenvalue weighted by atomic mass is 9.87. The standard InChI is InChI=1S/C15H18N2/c1-10-4-3-5-12(11(10)2)13-6-8-16-15-14(13)7-9-17-15/h5-6,8H,3-4,7,9H2,1-2H3,(H,16,17). The maximum atomic E-state index is 4.40. The van der Waals surface area contributed by atoms with Gasteiger partial charge < -0.3 is 5.32 Å². The molecule has 1 aliphatic heterocycles. The molecule has 0 amide bonds. The summed E-state index contributed by atoms with van der Waals surface area (Å²) in [6, 6.07) is 2.17. The van der Waals surface area contributed by atoms with E-state index in [0.717, 1.165) is 18.8 Å². The first kappa shape index (κ1) is 10.6. The number of fused-ring (bicyclic) bond motifs is 1. The van der Waals surface area contributed by atoms with Gasteiger partial charge in [0, 0.05) is 18.3 Å². The van der Waals surface area contributed by atoms with Gasteiger partial charge >= 0.3 is 0 Å². The van der Waals surface area contributed by atoms with Crippen molar-refractivity contribution in [3.05, 3.63) is 40.6 Å². The lowest BCUT2D eigenvalue weighted by Crippen LogP contribution is -2.00. The van der Waals surface area contributed by atoms with Gasteiger partial charge in [-0.1, -0.05) is 11.6 Å². The molecule has 0 aromatic carbocycles. The quantitative estimate of drug-likeness (QED) is 0.792. The number of rotatable bonds is 1. The number of hydrogen-bond acceptors (Lipinski definition) is 2. The van der Waals surface area contributed by atoms with Crippen LogP contribution in [0.5, 0.6) is 0 Å². The summed E-state index contributed by atoms with van der Waals surface area (Å²) in [6.07, 6.45) is 7.78. The van der Waals surface area contributed by atoms with E-state index in [2.05, 4.69) is 36.3 Å². The van der Waals surface area contributed by atoms with Crippen molar-refractivity contribution in [2.24, 2.45) is 0 Å². The molecule has 3 rings (SSSR count). The summed E-state index contributed by atoms with van der Waals surface area (Å²) in [5.74, 6) is 1.08. The molecular formula is C15H18N2. The maximum Gasteiger partial charge on any atom is 0.129 e. The highest BCUT2D eigenvalue weighted by atomic mass is 15.0. The predicted octanol–water partition coefficient (Wildman–Crippen LogP) is 3.56. The van der Waals surface area contributed by atoms with Gasteiger partial charge in [-0.05, 0) is 55.9 Å². The number of allylic oxidation sites excluding steroid dienone is 4. The van der Waals surface area contributed by atoms with Crippen LogP contribution in [0.2, 0.25) is 0 Å². The lowest BCUT2D eigenvalue weighted by Gasteiger charge is -2.19. The van der Waals surface area contributed by atoms with Gasteiger partial charge in [0.25, 0.3) is 0 Å². The van der Waals surface area contributed by atoms with Gasteiger partial charge in [-0.3, -0.25) is 0 Å². The van der Waals surface area contributed by atoms with Crippen LogP contribution >= 0.6 is 0 Å². The summed E-state index contributed by atoms with van der Waals surface area (Å²) in [5.41, 5.74) is 7.19. The van der Waals surface area contributed by atoms with Crippen LogP contribution in [0, 0.1) is 0 Å². The Morgan fingerprint density at radius 3 is 3.00 bits per heavy atom. The monoisotopic (exact) mass is 226 g/mol. The van der Waals surface area contributed by atoms with Crippen molar-refractivity contribution in [3.8, 4) is 0 Å². The second kappa shape index (κ2) is 4.02. The number of nitrogens with zero attached hydrogens (tertiary/aromatic N) is 1. The van der Waals surface area contributed by atoms with Crippen molar-refractivity contribution >= 4 is 11.4 Å². The summed E-state index contributed by atoms with van der Waals surface area (Å²) >= 11 is 0. The summed E-state index contributed by atoms with van der Waals surface area (Å²) < 4.78 is 0. The Morgan fingerprint density at radius 1 is 1.24 bits per heavy atom. The zero-order chi connectivity index (χ0) is 11.8. The minimum absolute atomic E-state index is 1.02. The van der Waals surface area contributed by atoms with Gasteiger partial charge in [-0.25, -0.2) is 4.98 Å². The van der Waals surface area contributed by atoms with Crippen LogP contribution in [0.1, 0.15) is 37.8 Å². The third kappa shape index (κ3) is 1.68. The van der Waals surface area contributed by atoms with E-state index in [9.17, 15) is 0 Å². The highest BCUT2D eigenvalue weighted by molar-refractivity contribution is 5.83. The Bertz CT molecular complexity index is 524. The average molecular weight is 226 g/mol. The summed E-state index contributed by atoms with van der Waals surface area (Å²) in [6.45, 7) is 5.52. The van der Waals surface area contributed by atoms with Gasteiger partial charge in [0.2, 0.25) is 0 Å². The predicted molar refractivity (Wildman–Crippen MR) is 72.0 cm³/mol. The average Bonchev–Trinajstić information content (AvgIpc) is 2.81. The van der Waals surface area contributed by atoms with Crippen LogP contribution in [-0.4, -0.2) is 11.5 Å². The molecule has 0 fully saturated rings. The van der Waals surface area contributed by atoms with E-state index < -0.39 is 0 Å². The molecule has 0 spiro atoms. The molecule has 0 bridgehead atoms. The second-order valence-electron chi connectivity index (χ2n) is 4.92. The van der Waals surface area contributed by atoms with E-state index >= 15 is 0 Å². The van der Waals surface area contributed by atoms with Gasteiger partial charge in [0.1, 0.15) is 5.82 Å². The highest BCUT2D eigenvalue weighted by Crippen LogP contribution is 2.36. The largest absolute Gasteiger partial charge is 0.369 e. The molecule has 0 saturated carbocycles. The van der Waals surface area contributed by atoms with Gasteiger partial charge in [-0.15, -0.1) is 0 Å². The number of pyridine rings is 1.